The lowest BCUT2D eigenvalue weighted by molar-refractivity contribution is 0.413. The molecule has 0 aliphatic heterocycles. The molecule has 0 saturated heterocycles. The van der Waals surface area contributed by atoms with Crippen LogP contribution in [-0.2, 0) is 0 Å². The van der Waals surface area contributed by atoms with E-state index in [9.17, 15) is 0 Å². The summed E-state index contributed by atoms with van der Waals surface area (Å²) in [5.41, 5.74) is 0. The van der Waals surface area contributed by atoms with E-state index in [0.717, 1.165) is 28.6 Å². The van der Waals surface area contributed by atoms with Gasteiger partial charge < -0.3 is 10.1 Å². The Hall–Kier alpha value is -1.75. The zero-order valence-corrected chi connectivity index (χ0v) is 11.9. The Balaban J connectivity index is 2.09. The number of hydrogen-bond donors (Lipinski definition) is 1. The summed E-state index contributed by atoms with van der Waals surface area (Å²) in [7, 11) is 1.67. The Morgan fingerprint density at radius 2 is 2.21 bits per heavy atom. The van der Waals surface area contributed by atoms with Gasteiger partial charge in [-0.1, -0.05) is 24.8 Å². The maximum atomic E-state index is 5.21. The van der Waals surface area contributed by atoms with E-state index in [4.69, 9.17) is 4.74 Å². The van der Waals surface area contributed by atoms with Crippen molar-refractivity contribution in [2.24, 2.45) is 0 Å². The lowest BCUT2D eigenvalue weighted by atomic mass is 10.3. The highest BCUT2D eigenvalue weighted by atomic mass is 32.2. The predicted octanol–water partition coefficient (Wildman–Crippen LogP) is 3.46. The predicted molar refractivity (Wildman–Crippen MR) is 77.9 cm³/mol. The molecule has 0 radical (unpaired) electrons. The fraction of sp³-hybridized carbons (Fsp3) is 0.286. The van der Waals surface area contributed by atoms with Crippen molar-refractivity contribution in [2.45, 2.75) is 23.3 Å². The van der Waals surface area contributed by atoms with E-state index < -0.39 is 0 Å². The van der Waals surface area contributed by atoms with Gasteiger partial charge in [0.2, 0.25) is 5.95 Å². The molecule has 1 aromatic heterocycles. The number of hydrogen-bond acceptors (Lipinski definition) is 5. The van der Waals surface area contributed by atoms with Gasteiger partial charge in [0, 0.05) is 17.6 Å². The fourth-order valence-electron chi connectivity index (χ4n) is 1.51. The Morgan fingerprint density at radius 3 is 3.00 bits per heavy atom. The molecule has 0 saturated carbocycles. The van der Waals surface area contributed by atoms with Crippen molar-refractivity contribution in [3.63, 3.8) is 0 Å². The Bertz CT molecular complexity index is 534. The molecule has 0 fully saturated rings. The summed E-state index contributed by atoms with van der Waals surface area (Å²) in [5.74, 6) is 1.53. The third-order valence-corrected chi connectivity index (χ3v) is 3.35. The molecule has 0 amide bonds. The monoisotopic (exact) mass is 275 g/mol. The summed E-state index contributed by atoms with van der Waals surface area (Å²) >= 11 is 1.59. The largest absolute Gasteiger partial charge is 0.497 e. The first-order valence-corrected chi connectivity index (χ1v) is 7.02. The van der Waals surface area contributed by atoms with Gasteiger partial charge in [0.1, 0.15) is 10.8 Å². The second-order valence-electron chi connectivity index (χ2n) is 3.93. The van der Waals surface area contributed by atoms with Crippen LogP contribution in [0.25, 0.3) is 0 Å². The summed E-state index contributed by atoms with van der Waals surface area (Å²) in [4.78, 5) is 9.75. The molecule has 0 aliphatic carbocycles. The van der Waals surface area contributed by atoms with Gasteiger partial charge in [0.25, 0.3) is 0 Å². The number of nitrogens with one attached hydrogen (secondary N) is 1. The van der Waals surface area contributed by atoms with Crippen LogP contribution in [0.5, 0.6) is 5.75 Å². The first kappa shape index (κ1) is 13.7. The summed E-state index contributed by atoms with van der Waals surface area (Å²) in [5, 5.41) is 4.10. The molecule has 4 nitrogen and oxygen atoms in total. The SMILES string of the molecule is CCCNc1nccc(Sc2cccc(OC)c2)n1. The molecule has 0 bridgehead atoms. The first-order chi connectivity index (χ1) is 9.31. The van der Waals surface area contributed by atoms with Gasteiger partial charge in [0.05, 0.1) is 7.11 Å². The highest BCUT2D eigenvalue weighted by Crippen LogP contribution is 2.28. The van der Waals surface area contributed by atoms with Crippen LogP contribution in [0.2, 0.25) is 0 Å². The maximum absolute atomic E-state index is 5.21. The molecule has 2 rings (SSSR count). The molecule has 100 valence electrons. The van der Waals surface area contributed by atoms with E-state index in [2.05, 4.69) is 22.2 Å². The van der Waals surface area contributed by atoms with Gasteiger partial charge in [-0.05, 0) is 30.7 Å². The third kappa shape index (κ3) is 4.13. The van der Waals surface area contributed by atoms with Crippen LogP contribution in [0.15, 0.2) is 46.5 Å². The van der Waals surface area contributed by atoms with Crippen LogP contribution < -0.4 is 10.1 Å². The molecule has 5 heteroatoms. The van der Waals surface area contributed by atoms with Crippen molar-refractivity contribution >= 4 is 17.7 Å². The van der Waals surface area contributed by atoms with Crippen molar-refractivity contribution in [2.75, 3.05) is 19.0 Å². The minimum absolute atomic E-state index is 0.676. The summed E-state index contributed by atoms with van der Waals surface area (Å²) in [6.45, 7) is 3.00. The van der Waals surface area contributed by atoms with Crippen molar-refractivity contribution in [1.82, 2.24) is 9.97 Å². The van der Waals surface area contributed by atoms with Crippen molar-refractivity contribution in [1.29, 1.82) is 0 Å². The van der Waals surface area contributed by atoms with Crippen LogP contribution in [0.3, 0.4) is 0 Å². The van der Waals surface area contributed by atoms with Crippen LogP contribution in [-0.4, -0.2) is 23.6 Å². The average molecular weight is 275 g/mol. The third-order valence-electron chi connectivity index (χ3n) is 2.43. The van der Waals surface area contributed by atoms with E-state index in [0.29, 0.717) is 5.95 Å². The number of ether oxygens (including phenoxy) is 1. The van der Waals surface area contributed by atoms with Gasteiger partial charge in [-0.15, -0.1) is 0 Å². The second kappa shape index (κ2) is 6.99. The smallest absolute Gasteiger partial charge is 0.223 e. The van der Waals surface area contributed by atoms with Crippen molar-refractivity contribution in [3.8, 4) is 5.75 Å². The van der Waals surface area contributed by atoms with E-state index in [1.54, 1.807) is 25.1 Å². The number of benzene rings is 1. The zero-order chi connectivity index (χ0) is 13.5. The average Bonchev–Trinajstić information content (AvgIpc) is 2.46. The standard InChI is InChI=1S/C14H17N3OS/c1-3-8-15-14-16-9-7-13(17-14)19-12-6-4-5-11(10-12)18-2/h4-7,9-10H,3,8H2,1-2H3,(H,15,16,17). The van der Waals surface area contributed by atoms with Crippen LogP contribution in [0.1, 0.15) is 13.3 Å². The van der Waals surface area contributed by atoms with Gasteiger partial charge in [0.15, 0.2) is 0 Å². The van der Waals surface area contributed by atoms with E-state index in [1.165, 1.54) is 0 Å². The molecule has 1 aromatic carbocycles. The fourth-order valence-corrected chi connectivity index (χ4v) is 2.33. The highest BCUT2D eigenvalue weighted by molar-refractivity contribution is 7.99. The lowest BCUT2D eigenvalue weighted by Gasteiger charge is -2.06. The van der Waals surface area contributed by atoms with Crippen LogP contribution in [0.4, 0.5) is 5.95 Å². The molecule has 0 aliphatic rings. The normalized spacial score (nSPS) is 10.2. The van der Waals surface area contributed by atoms with Crippen molar-refractivity contribution in [3.05, 3.63) is 36.5 Å². The Morgan fingerprint density at radius 1 is 1.32 bits per heavy atom. The van der Waals surface area contributed by atoms with E-state index in [-0.39, 0.29) is 0 Å². The minimum Gasteiger partial charge on any atom is -0.497 e. The molecule has 0 spiro atoms. The Labute approximate surface area is 117 Å². The zero-order valence-electron chi connectivity index (χ0n) is 11.1. The van der Waals surface area contributed by atoms with Crippen molar-refractivity contribution < 1.29 is 4.74 Å². The first-order valence-electron chi connectivity index (χ1n) is 6.20. The van der Waals surface area contributed by atoms with Gasteiger partial charge in [-0.3, -0.25) is 0 Å². The van der Waals surface area contributed by atoms with Gasteiger partial charge in [-0.25, -0.2) is 9.97 Å². The summed E-state index contributed by atoms with van der Waals surface area (Å²) in [6, 6.07) is 9.83. The molecule has 2 aromatic rings. The lowest BCUT2D eigenvalue weighted by Crippen LogP contribution is -2.04. The second-order valence-corrected chi connectivity index (χ2v) is 5.02. The molecule has 0 atom stereocenters. The number of anilines is 1. The molecule has 1 N–H and O–H groups in total. The molecular formula is C14H17N3OS. The molecule has 19 heavy (non-hydrogen) atoms. The van der Waals surface area contributed by atoms with E-state index in [1.807, 2.05) is 30.3 Å². The summed E-state index contributed by atoms with van der Waals surface area (Å²) < 4.78 is 5.21. The topological polar surface area (TPSA) is 47.0 Å². The number of rotatable bonds is 6. The molecular weight excluding hydrogens is 258 g/mol. The maximum Gasteiger partial charge on any atom is 0.223 e. The quantitative estimate of drug-likeness (QED) is 0.818. The minimum atomic E-state index is 0.676. The molecule has 0 unspecified atom stereocenters. The Kier molecular flexibility index (Phi) is 5.03. The van der Waals surface area contributed by atoms with Gasteiger partial charge >= 0.3 is 0 Å². The summed E-state index contributed by atoms with van der Waals surface area (Å²) in [6.07, 6.45) is 2.82. The molecule has 1 heterocycles. The van der Waals surface area contributed by atoms with E-state index >= 15 is 0 Å². The van der Waals surface area contributed by atoms with Crippen LogP contribution in [0, 0.1) is 0 Å². The van der Waals surface area contributed by atoms with Crippen LogP contribution >= 0.6 is 11.8 Å². The van der Waals surface area contributed by atoms with Gasteiger partial charge in [-0.2, -0.15) is 0 Å². The highest BCUT2D eigenvalue weighted by Gasteiger charge is 2.02. The number of methoxy groups -OCH3 is 1. The number of aromatic nitrogens is 2. The number of nitrogens with zero attached hydrogens (tertiary/aromatic N) is 2.